The zero-order valence-electron chi connectivity index (χ0n) is 16.4. The second-order valence-corrected chi connectivity index (χ2v) is 8.50. The first-order chi connectivity index (χ1) is 14.7. The summed E-state index contributed by atoms with van der Waals surface area (Å²) in [5.41, 5.74) is 7.26. The number of anilines is 1. The summed E-state index contributed by atoms with van der Waals surface area (Å²) < 4.78 is 27.9. The van der Waals surface area contributed by atoms with Crippen molar-refractivity contribution in [3.63, 3.8) is 0 Å². The van der Waals surface area contributed by atoms with Crippen LogP contribution < -0.4 is 20.5 Å². The molecule has 1 aromatic carbocycles. The van der Waals surface area contributed by atoms with E-state index in [4.69, 9.17) is 15.2 Å². The molecule has 0 aliphatic carbocycles. The number of benzene rings is 1. The van der Waals surface area contributed by atoms with Gasteiger partial charge in [-0.15, -0.1) is 0 Å². The first kappa shape index (κ1) is 19.4. The normalized spacial score (nSPS) is 16.8. The summed E-state index contributed by atoms with van der Waals surface area (Å²) in [4.78, 5) is 13.5. The molecule has 0 bridgehead atoms. The van der Waals surface area contributed by atoms with Crippen molar-refractivity contribution in [1.82, 2.24) is 24.8 Å². The van der Waals surface area contributed by atoms with Crippen LogP contribution in [0.2, 0.25) is 0 Å². The lowest BCUT2D eigenvalue weighted by molar-refractivity contribution is 0.170. The van der Waals surface area contributed by atoms with Crippen LogP contribution in [0.3, 0.4) is 0 Å². The molecule has 5 rings (SSSR count). The molecule has 3 N–H and O–H groups in total. The van der Waals surface area contributed by atoms with E-state index in [9.17, 15) is 4.39 Å². The van der Waals surface area contributed by atoms with Crippen molar-refractivity contribution in [3.8, 4) is 11.5 Å². The number of aromatic nitrogens is 4. The number of nitrogen functional groups attached to an aromatic ring is 1. The van der Waals surface area contributed by atoms with Gasteiger partial charge in [0, 0.05) is 18.7 Å². The molecule has 3 aromatic rings. The number of imidazole rings is 1. The lowest BCUT2D eigenvalue weighted by atomic mass is 9.95. The van der Waals surface area contributed by atoms with Crippen molar-refractivity contribution >= 4 is 28.7 Å². The molecule has 8 nitrogen and oxygen atoms in total. The van der Waals surface area contributed by atoms with Crippen LogP contribution in [0, 0.1) is 11.7 Å². The summed E-state index contributed by atoms with van der Waals surface area (Å²) in [6.45, 7) is 3.71. The Morgan fingerprint density at radius 3 is 2.73 bits per heavy atom. The molecule has 0 atom stereocenters. The average molecular weight is 431 g/mol. The topological polar surface area (TPSA) is 100 Å². The molecule has 0 unspecified atom stereocenters. The molecular formula is C20H23FN6O2S. The fourth-order valence-electron chi connectivity index (χ4n) is 3.92. The van der Waals surface area contributed by atoms with Gasteiger partial charge >= 0.3 is 0 Å². The minimum absolute atomic E-state index is 0.324. The molecule has 0 spiro atoms. The highest BCUT2D eigenvalue weighted by atomic mass is 32.2. The van der Waals surface area contributed by atoms with Crippen molar-refractivity contribution in [3.05, 3.63) is 24.3 Å². The van der Waals surface area contributed by atoms with Gasteiger partial charge in [-0.05, 0) is 50.0 Å². The Morgan fingerprint density at radius 2 is 1.93 bits per heavy atom. The van der Waals surface area contributed by atoms with E-state index in [0.29, 0.717) is 57.7 Å². The molecule has 30 heavy (non-hydrogen) atoms. The molecule has 2 aliphatic rings. The van der Waals surface area contributed by atoms with E-state index in [2.05, 4.69) is 20.3 Å². The standard InChI is InChI=1S/C20H23FN6O2S/c21-13-9-14-15(29-8-7-28-14)10-16(13)30-20-26-17-18(22)24-11-25-19(17)27(20)6-3-12-1-4-23-5-2-12/h9-12,23H,1-8H2,(H2,22,24,25). The predicted molar refractivity (Wildman–Crippen MR) is 111 cm³/mol. The van der Waals surface area contributed by atoms with Crippen molar-refractivity contribution in [2.45, 2.75) is 35.9 Å². The predicted octanol–water partition coefficient (Wildman–Crippen LogP) is 2.86. The van der Waals surface area contributed by atoms with Crippen LogP contribution in [0.1, 0.15) is 19.3 Å². The molecule has 1 fully saturated rings. The van der Waals surface area contributed by atoms with Gasteiger partial charge in [-0.2, -0.15) is 0 Å². The fraction of sp³-hybridized carbons (Fsp3) is 0.450. The van der Waals surface area contributed by atoms with Gasteiger partial charge in [-0.3, -0.25) is 0 Å². The molecular weight excluding hydrogens is 407 g/mol. The Morgan fingerprint density at radius 1 is 1.17 bits per heavy atom. The van der Waals surface area contributed by atoms with E-state index >= 15 is 0 Å². The third-order valence-corrected chi connectivity index (χ3v) is 6.57. The fourth-order valence-corrected chi connectivity index (χ4v) is 4.86. The van der Waals surface area contributed by atoms with E-state index in [1.807, 2.05) is 4.57 Å². The van der Waals surface area contributed by atoms with Crippen molar-refractivity contribution in [2.75, 3.05) is 32.0 Å². The molecule has 10 heteroatoms. The van der Waals surface area contributed by atoms with Gasteiger partial charge in [0.05, 0.1) is 4.90 Å². The Bertz CT molecular complexity index is 1070. The van der Waals surface area contributed by atoms with Gasteiger partial charge in [0.1, 0.15) is 25.4 Å². The van der Waals surface area contributed by atoms with Crippen LogP contribution in [0.25, 0.3) is 11.2 Å². The maximum atomic E-state index is 14.8. The van der Waals surface area contributed by atoms with Crippen LogP contribution in [0.4, 0.5) is 10.2 Å². The summed E-state index contributed by atoms with van der Waals surface area (Å²) in [6.07, 6.45) is 4.76. The second kappa shape index (κ2) is 8.27. The zero-order valence-corrected chi connectivity index (χ0v) is 17.3. The highest BCUT2D eigenvalue weighted by Gasteiger charge is 2.22. The van der Waals surface area contributed by atoms with Gasteiger partial charge in [0.25, 0.3) is 0 Å². The van der Waals surface area contributed by atoms with Crippen molar-refractivity contribution in [2.24, 2.45) is 5.92 Å². The smallest absolute Gasteiger partial charge is 0.175 e. The highest BCUT2D eigenvalue weighted by Crippen LogP contribution is 2.39. The van der Waals surface area contributed by atoms with Gasteiger partial charge < -0.3 is 25.1 Å². The number of ether oxygens (including phenoxy) is 2. The SMILES string of the molecule is Nc1ncnc2c1nc(Sc1cc3c(cc1F)OCCO3)n2CCC1CCNCC1. The van der Waals surface area contributed by atoms with Crippen molar-refractivity contribution < 1.29 is 13.9 Å². The van der Waals surface area contributed by atoms with E-state index in [1.165, 1.54) is 24.2 Å². The number of fused-ring (bicyclic) bond motifs is 2. The minimum atomic E-state index is -0.375. The minimum Gasteiger partial charge on any atom is -0.486 e. The quantitative estimate of drug-likeness (QED) is 0.637. The van der Waals surface area contributed by atoms with Crippen LogP contribution in [-0.2, 0) is 6.54 Å². The molecule has 2 aliphatic heterocycles. The van der Waals surface area contributed by atoms with E-state index in [-0.39, 0.29) is 5.82 Å². The van der Waals surface area contributed by atoms with E-state index < -0.39 is 0 Å². The average Bonchev–Trinajstić information content (AvgIpc) is 3.12. The maximum absolute atomic E-state index is 14.8. The zero-order chi connectivity index (χ0) is 20.5. The second-order valence-electron chi connectivity index (χ2n) is 7.49. The number of hydrogen-bond acceptors (Lipinski definition) is 8. The number of hydrogen-bond donors (Lipinski definition) is 2. The number of nitrogens with two attached hydrogens (primary N) is 1. The Hall–Kier alpha value is -2.59. The van der Waals surface area contributed by atoms with Gasteiger partial charge in [-0.25, -0.2) is 19.3 Å². The van der Waals surface area contributed by atoms with Crippen molar-refractivity contribution in [1.29, 1.82) is 0 Å². The Balaban J connectivity index is 1.48. The molecule has 158 valence electrons. The number of nitrogens with zero attached hydrogens (tertiary/aromatic N) is 4. The highest BCUT2D eigenvalue weighted by molar-refractivity contribution is 7.99. The van der Waals surface area contributed by atoms with Crippen LogP contribution in [-0.4, -0.2) is 45.8 Å². The third kappa shape index (κ3) is 3.77. The maximum Gasteiger partial charge on any atom is 0.175 e. The Kier molecular flexibility index (Phi) is 5.34. The van der Waals surface area contributed by atoms with Gasteiger partial charge in [0.2, 0.25) is 0 Å². The largest absolute Gasteiger partial charge is 0.486 e. The molecule has 2 aromatic heterocycles. The summed E-state index contributed by atoms with van der Waals surface area (Å²) >= 11 is 1.24. The monoisotopic (exact) mass is 430 g/mol. The van der Waals surface area contributed by atoms with Crippen LogP contribution in [0.15, 0.2) is 28.5 Å². The van der Waals surface area contributed by atoms with Crippen LogP contribution >= 0.6 is 11.8 Å². The summed E-state index contributed by atoms with van der Waals surface area (Å²) in [5.74, 6) is 1.57. The first-order valence-electron chi connectivity index (χ1n) is 10.1. The molecule has 1 saturated heterocycles. The third-order valence-electron chi connectivity index (χ3n) is 5.54. The summed E-state index contributed by atoms with van der Waals surface area (Å²) in [6, 6.07) is 3.03. The lowest BCUT2D eigenvalue weighted by Gasteiger charge is -2.23. The first-order valence-corrected chi connectivity index (χ1v) is 10.9. The number of rotatable bonds is 5. The molecule has 0 saturated carbocycles. The summed E-state index contributed by atoms with van der Waals surface area (Å²) in [7, 11) is 0. The van der Waals surface area contributed by atoms with Gasteiger partial charge in [-0.1, -0.05) is 0 Å². The number of nitrogens with one attached hydrogen (secondary N) is 1. The number of halogens is 1. The molecule has 0 amide bonds. The van der Waals surface area contributed by atoms with Gasteiger partial charge in [0.15, 0.2) is 33.6 Å². The van der Waals surface area contributed by atoms with E-state index in [0.717, 1.165) is 38.9 Å². The Labute approximate surface area is 177 Å². The molecule has 4 heterocycles. The molecule has 0 radical (unpaired) electrons. The lowest BCUT2D eigenvalue weighted by Crippen LogP contribution is -2.28. The summed E-state index contributed by atoms with van der Waals surface area (Å²) in [5, 5.41) is 4.04. The number of aryl methyl sites for hydroxylation is 1. The van der Waals surface area contributed by atoms with Crippen LogP contribution in [0.5, 0.6) is 11.5 Å². The van der Waals surface area contributed by atoms with E-state index in [1.54, 1.807) is 6.07 Å². The number of piperidine rings is 1.